The summed E-state index contributed by atoms with van der Waals surface area (Å²) < 4.78 is 18.7. The van der Waals surface area contributed by atoms with Crippen molar-refractivity contribution in [1.29, 1.82) is 0 Å². The van der Waals surface area contributed by atoms with Crippen molar-refractivity contribution in [1.82, 2.24) is 0 Å². The minimum Gasteiger partial charge on any atom is -0.425 e. The fraction of sp³-hybridized carbons (Fsp3) is 0.167. The molecule has 0 saturated heterocycles. The predicted molar refractivity (Wildman–Crippen MR) is 62.4 cm³/mol. The molecule has 1 aromatic carbocycles. The van der Waals surface area contributed by atoms with Crippen molar-refractivity contribution in [3.63, 3.8) is 0 Å². The van der Waals surface area contributed by atoms with E-state index in [-0.39, 0.29) is 48.8 Å². The normalized spacial score (nSPS) is 9.25. The lowest BCUT2D eigenvalue weighted by molar-refractivity contribution is -0.134. The van der Waals surface area contributed by atoms with Gasteiger partial charge in [0.1, 0.15) is 0 Å². The maximum Gasteiger partial charge on any atom is 0.311 e. The Morgan fingerprint density at radius 3 is 1.95 bits per heavy atom. The van der Waals surface area contributed by atoms with Gasteiger partial charge in [-0.25, -0.2) is 0 Å². The van der Waals surface area contributed by atoms with Crippen LogP contribution < -0.4 is 18.9 Å². The highest BCUT2D eigenvalue weighted by atomic mass is 16.6. The molecule has 0 unspecified atom stereocenters. The second-order valence-electron chi connectivity index (χ2n) is 3.19. The molecule has 0 aromatic heterocycles. The topological polar surface area (TPSA) is 105 Å². The third kappa shape index (κ3) is 3.55. The third-order valence-electron chi connectivity index (χ3n) is 2.06. The zero-order chi connectivity index (χ0) is 15.0. The van der Waals surface area contributed by atoms with Gasteiger partial charge in [-0.05, 0) is 12.1 Å². The summed E-state index contributed by atoms with van der Waals surface area (Å²) in [5.74, 6) is -1.64. The lowest BCUT2D eigenvalue weighted by Gasteiger charge is -2.13. The van der Waals surface area contributed by atoms with Gasteiger partial charge >= 0.3 is 5.97 Å². The standard InChI is InChI=1S/C12H10O8/c1-2-10(16)20-9-4-3-8(17-5-13)11(18-6-14)12(9)19-7-15/h3-7H,2H2,1H3. The predicted octanol–water partition coefficient (Wildman–Crippen LogP) is 0.608. The van der Waals surface area contributed by atoms with Crippen LogP contribution in [0.5, 0.6) is 23.0 Å². The smallest absolute Gasteiger partial charge is 0.311 e. The van der Waals surface area contributed by atoms with Crippen LogP contribution in [0.3, 0.4) is 0 Å². The van der Waals surface area contributed by atoms with Gasteiger partial charge in [-0.3, -0.25) is 19.2 Å². The van der Waals surface area contributed by atoms with Crippen LogP contribution in [-0.4, -0.2) is 25.4 Å². The average molecular weight is 282 g/mol. The van der Waals surface area contributed by atoms with E-state index in [4.69, 9.17) is 4.74 Å². The second-order valence-corrected chi connectivity index (χ2v) is 3.19. The zero-order valence-corrected chi connectivity index (χ0v) is 10.4. The summed E-state index contributed by atoms with van der Waals surface area (Å²) >= 11 is 0. The van der Waals surface area contributed by atoms with Crippen LogP contribution in [0.4, 0.5) is 0 Å². The van der Waals surface area contributed by atoms with Gasteiger partial charge in [0.05, 0.1) is 0 Å². The van der Waals surface area contributed by atoms with E-state index < -0.39 is 5.97 Å². The maximum atomic E-state index is 11.3. The zero-order valence-electron chi connectivity index (χ0n) is 10.4. The molecule has 0 radical (unpaired) electrons. The Morgan fingerprint density at radius 2 is 1.45 bits per heavy atom. The van der Waals surface area contributed by atoms with E-state index in [0.717, 1.165) is 0 Å². The van der Waals surface area contributed by atoms with Crippen LogP contribution in [0.15, 0.2) is 12.1 Å². The Bertz CT molecular complexity index is 522. The fourth-order valence-corrected chi connectivity index (χ4v) is 1.27. The summed E-state index contributed by atoms with van der Waals surface area (Å²) in [4.78, 5) is 42.6. The quantitative estimate of drug-likeness (QED) is 0.388. The van der Waals surface area contributed by atoms with Crippen molar-refractivity contribution in [3.05, 3.63) is 12.1 Å². The Morgan fingerprint density at radius 1 is 0.950 bits per heavy atom. The Balaban J connectivity index is 3.33. The SMILES string of the molecule is CCC(=O)Oc1ccc(OC=O)c(OC=O)c1OC=O. The molecule has 0 fully saturated rings. The number of carbonyl (C=O) groups is 4. The molecule has 0 amide bonds. The van der Waals surface area contributed by atoms with Crippen molar-refractivity contribution >= 4 is 25.4 Å². The lowest BCUT2D eigenvalue weighted by atomic mass is 10.2. The Labute approximate surface area is 113 Å². The van der Waals surface area contributed by atoms with Crippen LogP contribution in [0.25, 0.3) is 0 Å². The van der Waals surface area contributed by atoms with Gasteiger partial charge in [0.2, 0.25) is 11.5 Å². The molecule has 1 aromatic rings. The van der Waals surface area contributed by atoms with Crippen LogP contribution in [0.1, 0.15) is 13.3 Å². The van der Waals surface area contributed by atoms with Crippen molar-refractivity contribution in [2.24, 2.45) is 0 Å². The number of hydrogen-bond acceptors (Lipinski definition) is 8. The molecule has 106 valence electrons. The number of benzene rings is 1. The molecular formula is C12H10O8. The van der Waals surface area contributed by atoms with Gasteiger partial charge in [-0.2, -0.15) is 0 Å². The van der Waals surface area contributed by atoms with Crippen molar-refractivity contribution < 1.29 is 38.1 Å². The van der Waals surface area contributed by atoms with Crippen molar-refractivity contribution in [3.8, 4) is 23.0 Å². The molecule has 0 aliphatic rings. The summed E-state index contributed by atoms with van der Waals surface area (Å²) in [6.07, 6.45) is 0.0803. The minimum absolute atomic E-state index is 0.0378. The van der Waals surface area contributed by atoms with Gasteiger partial charge in [0.15, 0.2) is 11.5 Å². The van der Waals surface area contributed by atoms with E-state index in [1.165, 1.54) is 12.1 Å². The molecule has 0 N–H and O–H groups in total. The van der Waals surface area contributed by atoms with E-state index in [2.05, 4.69) is 14.2 Å². The van der Waals surface area contributed by atoms with E-state index in [9.17, 15) is 19.2 Å². The highest BCUT2D eigenvalue weighted by Gasteiger charge is 2.21. The first-order valence-electron chi connectivity index (χ1n) is 5.36. The maximum absolute atomic E-state index is 11.3. The summed E-state index contributed by atoms with van der Waals surface area (Å²) in [5.41, 5.74) is 0. The summed E-state index contributed by atoms with van der Waals surface area (Å²) in [7, 11) is 0. The molecule has 20 heavy (non-hydrogen) atoms. The monoisotopic (exact) mass is 282 g/mol. The fourth-order valence-electron chi connectivity index (χ4n) is 1.27. The van der Waals surface area contributed by atoms with Gasteiger partial charge < -0.3 is 18.9 Å². The van der Waals surface area contributed by atoms with Crippen LogP contribution in [0.2, 0.25) is 0 Å². The van der Waals surface area contributed by atoms with Gasteiger partial charge in [-0.1, -0.05) is 6.92 Å². The molecule has 0 aliphatic carbocycles. The minimum atomic E-state index is -0.596. The van der Waals surface area contributed by atoms with E-state index in [1.807, 2.05) is 0 Å². The summed E-state index contributed by atoms with van der Waals surface area (Å²) in [5, 5.41) is 0. The molecule has 0 atom stereocenters. The van der Waals surface area contributed by atoms with Crippen LogP contribution in [-0.2, 0) is 19.2 Å². The van der Waals surface area contributed by atoms with E-state index in [0.29, 0.717) is 0 Å². The van der Waals surface area contributed by atoms with Crippen molar-refractivity contribution in [2.45, 2.75) is 13.3 Å². The van der Waals surface area contributed by atoms with Crippen molar-refractivity contribution in [2.75, 3.05) is 0 Å². The summed E-state index contributed by atoms with van der Waals surface area (Å²) in [6.45, 7) is 1.74. The second kappa shape index (κ2) is 7.52. The third-order valence-corrected chi connectivity index (χ3v) is 2.06. The van der Waals surface area contributed by atoms with Gasteiger partial charge in [0.25, 0.3) is 19.4 Å². The van der Waals surface area contributed by atoms with Gasteiger partial charge in [0, 0.05) is 6.42 Å². The first-order chi connectivity index (χ1) is 9.67. The summed E-state index contributed by atoms with van der Waals surface area (Å²) in [6, 6.07) is 2.44. The lowest BCUT2D eigenvalue weighted by Crippen LogP contribution is -2.08. The van der Waals surface area contributed by atoms with E-state index >= 15 is 0 Å². The number of rotatable bonds is 8. The molecule has 8 nitrogen and oxygen atoms in total. The molecule has 0 aliphatic heterocycles. The molecular weight excluding hydrogens is 272 g/mol. The van der Waals surface area contributed by atoms with E-state index in [1.54, 1.807) is 6.92 Å². The Hall–Kier alpha value is -2.90. The van der Waals surface area contributed by atoms with Gasteiger partial charge in [-0.15, -0.1) is 0 Å². The number of esters is 1. The molecule has 0 spiro atoms. The number of hydrogen-bond donors (Lipinski definition) is 0. The largest absolute Gasteiger partial charge is 0.425 e. The van der Waals surface area contributed by atoms with Crippen LogP contribution >= 0.6 is 0 Å². The van der Waals surface area contributed by atoms with Crippen LogP contribution in [0, 0.1) is 0 Å². The Kier molecular flexibility index (Phi) is 5.70. The highest BCUT2D eigenvalue weighted by molar-refractivity contribution is 5.75. The first kappa shape index (κ1) is 15.2. The number of carbonyl (C=O) groups excluding carboxylic acids is 4. The molecule has 8 heteroatoms. The first-order valence-corrected chi connectivity index (χ1v) is 5.36. The molecule has 1 rings (SSSR count). The highest BCUT2D eigenvalue weighted by Crippen LogP contribution is 2.44. The number of ether oxygens (including phenoxy) is 4. The molecule has 0 saturated carbocycles. The molecule has 0 heterocycles. The molecule has 0 bridgehead atoms. The average Bonchev–Trinajstić information content (AvgIpc) is 2.45.